The molecule has 0 radical (unpaired) electrons. The van der Waals surface area contributed by atoms with Crippen LogP contribution in [0.5, 0.6) is 0 Å². The monoisotopic (exact) mass is 387 g/mol. The van der Waals surface area contributed by atoms with Gasteiger partial charge in [-0.2, -0.15) is 0 Å². The number of benzene rings is 2. The number of hydrogen-bond acceptors (Lipinski definition) is 3. The fourth-order valence-corrected chi connectivity index (χ4v) is 4.91. The molecule has 2 aromatic rings. The summed E-state index contributed by atoms with van der Waals surface area (Å²) in [5.41, 5.74) is 2.65. The topological polar surface area (TPSA) is 54.5 Å². The molecule has 1 amide bonds. The van der Waals surface area contributed by atoms with E-state index >= 15 is 0 Å². The van der Waals surface area contributed by atoms with Gasteiger partial charge in [0.25, 0.3) is 0 Å². The zero-order valence-corrected chi connectivity index (χ0v) is 16.0. The summed E-state index contributed by atoms with van der Waals surface area (Å²) in [6.45, 7) is 2.16. The average Bonchev–Trinajstić information content (AvgIpc) is 2.98. The molecule has 1 fully saturated rings. The maximum absolute atomic E-state index is 13.5. The minimum Gasteiger partial charge on any atom is -0.331 e. The van der Waals surface area contributed by atoms with Gasteiger partial charge in [0.2, 0.25) is 5.91 Å². The quantitative estimate of drug-likeness (QED) is 0.739. The van der Waals surface area contributed by atoms with Crippen molar-refractivity contribution in [2.24, 2.45) is 0 Å². The molecule has 2 aromatic carbocycles. The van der Waals surface area contributed by atoms with Crippen LogP contribution in [0.25, 0.3) is 6.08 Å². The first-order chi connectivity index (χ1) is 12.8. The summed E-state index contributed by atoms with van der Waals surface area (Å²) in [5, 5.41) is 0. The van der Waals surface area contributed by atoms with E-state index in [1.54, 1.807) is 18.2 Å². The number of rotatable bonds is 5. The van der Waals surface area contributed by atoms with E-state index in [2.05, 4.69) is 0 Å². The second-order valence-electron chi connectivity index (χ2n) is 6.90. The Bertz CT molecular complexity index is 952. The minimum absolute atomic E-state index is 0.0492. The molecule has 0 saturated carbocycles. The van der Waals surface area contributed by atoms with Gasteiger partial charge in [-0.1, -0.05) is 42.0 Å². The second kappa shape index (κ2) is 8.05. The number of carbonyl (C=O) groups excluding carboxylic acids is 1. The molecule has 0 unspecified atom stereocenters. The molecular weight excluding hydrogens is 365 g/mol. The Morgan fingerprint density at radius 3 is 2.59 bits per heavy atom. The smallest absolute Gasteiger partial charge is 0.247 e. The lowest BCUT2D eigenvalue weighted by atomic mass is 10.1. The van der Waals surface area contributed by atoms with Gasteiger partial charge in [-0.05, 0) is 42.7 Å². The van der Waals surface area contributed by atoms with E-state index in [-0.39, 0.29) is 29.8 Å². The number of halogens is 1. The van der Waals surface area contributed by atoms with Crippen molar-refractivity contribution in [3.8, 4) is 0 Å². The third-order valence-corrected chi connectivity index (χ3v) is 6.42. The van der Waals surface area contributed by atoms with Crippen molar-refractivity contribution in [3.63, 3.8) is 0 Å². The maximum Gasteiger partial charge on any atom is 0.247 e. The molecule has 142 valence electrons. The van der Waals surface area contributed by atoms with Crippen molar-refractivity contribution < 1.29 is 17.6 Å². The van der Waals surface area contributed by atoms with Crippen molar-refractivity contribution >= 4 is 21.8 Å². The van der Waals surface area contributed by atoms with Gasteiger partial charge in [-0.3, -0.25) is 4.79 Å². The second-order valence-corrected chi connectivity index (χ2v) is 9.13. The van der Waals surface area contributed by atoms with Crippen LogP contribution in [0.15, 0.2) is 54.6 Å². The Balaban J connectivity index is 1.81. The molecule has 6 heteroatoms. The summed E-state index contributed by atoms with van der Waals surface area (Å²) in [6.07, 6.45) is 3.57. The maximum atomic E-state index is 13.5. The summed E-state index contributed by atoms with van der Waals surface area (Å²) in [7, 11) is -3.14. The van der Waals surface area contributed by atoms with Crippen LogP contribution in [0.2, 0.25) is 0 Å². The molecule has 27 heavy (non-hydrogen) atoms. The Hall–Kier alpha value is -2.47. The zero-order chi connectivity index (χ0) is 19.4. The van der Waals surface area contributed by atoms with E-state index in [9.17, 15) is 17.6 Å². The van der Waals surface area contributed by atoms with E-state index in [4.69, 9.17) is 0 Å². The van der Waals surface area contributed by atoms with Gasteiger partial charge in [0.1, 0.15) is 5.82 Å². The molecule has 1 atom stereocenters. The first-order valence-corrected chi connectivity index (χ1v) is 10.6. The van der Waals surface area contributed by atoms with Crippen LogP contribution in [0.4, 0.5) is 4.39 Å². The van der Waals surface area contributed by atoms with Crippen molar-refractivity contribution in [3.05, 3.63) is 77.1 Å². The lowest BCUT2D eigenvalue weighted by molar-refractivity contribution is -0.128. The summed E-state index contributed by atoms with van der Waals surface area (Å²) in [4.78, 5) is 14.4. The molecular formula is C21H22FNO3S. The summed E-state index contributed by atoms with van der Waals surface area (Å²) >= 11 is 0. The Kier molecular flexibility index (Phi) is 5.75. The van der Waals surface area contributed by atoms with Crippen LogP contribution in [-0.2, 0) is 21.2 Å². The van der Waals surface area contributed by atoms with Crippen LogP contribution < -0.4 is 0 Å². The average molecular weight is 387 g/mol. The van der Waals surface area contributed by atoms with Crippen LogP contribution in [0.3, 0.4) is 0 Å². The number of amides is 1. The number of aryl methyl sites for hydroxylation is 1. The molecule has 0 N–H and O–H groups in total. The fraction of sp³-hybridized carbons (Fsp3) is 0.286. The first-order valence-electron chi connectivity index (χ1n) is 8.83. The molecule has 0 spiro atoms. The molecule has 0 aliphatic carbocycles. The predicted molar refractivity (Wildman–Crippen MR) is 104 cm³/mol. The molecule has 1 saturated heterocycles. The van der Waals surface area contributed by atoms with Crippen LogP contribution >= 0.6 is 0 Å². The predicted octanol–water partition coefficient (Wildman–Crippen LogP) is 3.36. The number of carbonyl (C=O) groups is 1. The Morgan fingerprint density at radius 2 is 1.96 bits per heavy atom. The van der Waals surface area contributed by atoms with Crippen LogP contribution in [0.1, 0.15) is 23.1 Å². The molecule has 1 aliphatic rings. The largest absolute Gasteiger partial charge is 0.331 e. The molecule has 4 nitrogen and oxygen atoms in total. The Morgan fingerprint density at radius 1 is 1.22 bits per heavy atom. The highest BCUT2D eigenvalue weighted by molar-refractivity contribution is 7.91. The number of hydrogen-bond donors (Lipinski definition) is 0. The van der Waals surface area contributed by atoms with E-state index < -0.39 is 15.9 Å². The Labute approximate surface area is 159 Å². The van der Waals surface area contributed by atoms with Crippen molar-refractivity contribution in [2.75, 3.05) is 11.5 Å². The zero-order valence-electron chi connectivity index (χ0n) is 15.1. The van der Waals surface area contributed by atoms with Gasteiger partial charge in [-0.15, -0.1) is 0 Å². The van der Waals surface area contributed by atoms with E-state index in [1.807, 2.05) is 31.2 Å². The first kappa shape index (κ1) is 19.3. The van der Waals surface area contributed by atoms with Gasteiger partial charge in [0.15, 0.2) is 9.84 Å². The summed E-state index contributed by atoms with van der Waals surface area (Å²) in [5.74, 6) is -0.630. The standard InChI is InChI=1S/C21H22FNO3S/c1-16-5-7-17(8-6-16)9-10-21(24)23(20-11-12-27(25,26)15-20)14-18-3-2-4-19(22)13-18/h2-10,13,20H,11-12,14-15H2,1H3/b10-9+/t20-/m0/s1. The molecule has 1 aliphatic heterocycles. The van der Waals surface area contributed by atoms with Crippen molar-refractivity contribution in [1.29, 1.82) is 0 Å². The highest BCUT2D eigenvalue weighted by atomic mass is 32.2. The normalized spacial score (nSPS) is 18.7. The highest BCUT2D eigenvalue weighted by Gasteiger charge is 2.34. The van der Waals surface area contributed by atoms with Crippen molar-refractivity contribution in [1.82, 2.24) is 4.90 Å². The number of nitrogens with zero attached hydrogens (tertiary/aromatic N) is 1. The third kappa shape index (κ3) is 5.26. The van der Waals surface area contributed by atoms with Gasteiger partial charge in [0, 0.05) is 18.7 Å². The van der Waals surface area contributed by atoms with E-state index in [1.165, 1.54) is 23.1 Å². The number of sulfone groups is 1. The third-order valence-electron chi connectivity index (χ3n) is 4.67. The van der Waals surface area contributed by atoms with Crippen molar-refractivity contribution in [2.45, 2.75) is 25.9 Å². The summed E-state index contributed by atoms with van der Waals surface area (Å²) in [6, 6.07) is 13.4. The molecule has 0 bridgehead atoms. The van der Waals surface area contributed by atoms with Crippen LogP contribution in [0, 0.1) is 12.7 Å². The van der Waals surface area contributed by atoms with E-state index in [0.29, 0.717) is 12.0 Å². The molecule has 3 rings (SSSR count). The lowest BCUT2D eigenvalue weighted by Crippen LogP contribution is -2.39. The molecule has 1 heterocycles. The minimum atomic E-state index is -3.14. The van der Waals surface area contributed by atoms with Gasteiger partial charge in [0.05, 0.1) is 11.5 Å². The van der Waals surface area contributed by atoms with E-state index in [0.717, 1.165) is 11.1 Å². The summed E-state index contributed by atoms with van der Waals surface area (Å²) < 4.78 is 37.2. The van der Waals surface area contributed by atoms with Gasteiger partial charge in [-0.25, -0.2) is 12.8 Å². The van der Waals surface area contributed by atoms with Crippen LogP contribution in [-0.4, -0.2) is 36.8 Å². The van der Waals surface area contributed by atoms with Gasteiger partial charge < -0.3 is 4.90 Å². The molecule has 0 aromatic heterocycles. The highest BCUT2D eigenvalue weighted by Crippen LogP contribution is 2.21. The fourth-order valence-electron chi connectivity index (χ4n) is 3.18. The SMILES string of the molecule is Cc1ccc(/C=C/C(=O)N(Cc2cccc(F)c2)[C@H]2CCS(=O)(=O)C2)cc1. The van der Waals surface area contributed by atoms with Gasteiger partial charge >= 0.3 is 0 Å². The lowest BCUT2D eigenvalue weighted by Gasteiger charge is -2.27.